The van der Waals surface area contributed by atoms with Crippen LogP contribution < -0.4 is 10.6 Å². The summed E-state index contributed by atoms with van der Waals surface area (Å²) in [6.45, 7) is 9.78. The van der Waals surface area contributed by atoms with E-state index in [4.69, 9.17) is 12.2 Å². The summed E-state index contributed by atoms with van der Waals surface area (Å²) in [4.78, 5) is 0. The monoisotopic (exact) mass is 320 g/mol. The molecule has 2 aromatic heterocycles. The molecule has 0 atom stereocenters. The Balaban J connectivity index is 1.77. The van der Waals surface area contributed by atoms with Crippen molar-refractivity contribution in [1.82, 2.24) is 24.9 Å². The van der Waals surface area contributed by atoms with Crippen molar-refractivity contribution in [2.45, 2.75) is 40.7 Å². The zero-order chi connectivity index (χ0) is 16.3. The lowest BCUT2D eigenvalue weighted by Gasteiger charge is -2.11. The van der Waals surface area contributed by atoms with Crippen LogP contribution in [-0.2, 0) is 13.6 Å². The average Bonchev–Trinajstić information content (AvgIpc) is 2.88. The molecular formula is C15H24N6S. The van der Waals surface area contributed by atoms with Crippen molar-refractivity contribution in [3.05, 3.63) is 28.8 Å². The predicted molar refractivity (Wildman–Crippen MR) is 93.2 cm³/mol. The van der Waals surface area contributed by atoms with Crippen LogP contribution in [0.15, 0.2) is 6.07 Å². The van der Waals surface area contributed by atoms with Crippen LogP contribution in [0.25, 0.3) is 0 Å². The van der Waals surface area contributed by atoms with Gasteiger partial charge in [-0.05, 0) is 52.4 Å². The van der Waals surface area contributed by atoms with E-state index in [1.54, 1.807) is 0 Å². The van der Waals surface area contributed by atoms with Gasteiger partial charge < -0.3 is 10.6 Å². The maximum atomic E-state index is 5.34. The highest BCUT2D eigenvalue weighted by Gasteiger charge is 2.10. The number of aryl methyl sites for hydroxylation is 5. The van der Waals surface area contributed by atoms with Crippen molar-refractivity contribution in [3.8, 4) is 0 Å². The van der Waals surface area contributed by atoms with Crippen molar-refractivity contribution in [1.29, 1.82) is 0 Å². The zero-order valence-corrected chi connectivity index (χ0v) is 14.7. The molecular weight excluding hydrogens is 296 g/mol. The summed E-state index contributed by atoms with van der Waals surface area (Å²) in [5.41, 5.74) is 5.26. The lowest BCUT2D eigenvalue weighted by molar-refractivity contribution is 0.558. The highest BCUT2D eigenvalue weighted by molar-refractivity contribution is 7.80. The Hall–Kier alpha value is -1.89. The first-order valence-corrected chi connectivity index (χ1v) is 7.85. The van der Waals surface area contributed by atoms with Gasteiger partial charge in [0.05, 0.1) is 22.8 Å². The van der Waals surface area contributed by atoms with E-state index in [2.05, 4.69) is 33.8 Å². The standard InChI is InChI=1S/C15H24N6S/c1-10-9-11(2)21(18-10)8-6-7-16-15(22)17-14-12(3)19-20(5)13(14)4/h9H,6-8H2,1-5H3,(H2,16,17,22). The summed E-state index contributed by atoms with van der Waals surface area (Å²) < 4.78 is 3.88. The number of rotatable bonds is 5. The van der Waals surface area contributed by atoms with E-state index < -0.39 is 0 Å². The van der Waals surface area contributed by atoms with E-state index in [1.807, 2.05) is 37.2 Å². The number of nitrogens with zero attached hydrogens (tertiary/aromatic N) is 4. The van der Waals surface area contributed by atoms with E-state index in [0.717, 1.165) is 42.3 Å². The molecule has 0 aliphatic heterocycles. The van der Waals surface area contributed by atoms with Crippen molar-refractivity contribution in [2.75, 3.05) is 11.9 Å². The van der Waals surface area contributed by atoms with Gasteiger partial charge in [0, 0.05) is 25.8 Å². The van der Waals surface area contributed by atoms with Gasteiger partial charge in [-0.3, -0.25) is 9.36 Å². The molecule has 0 aliphatic rings. The number of hydrogen-bond acceptors (Lipinski definition) is 3. The minimum atomic E-state index is 0.632. The molecule has 0 spiro atoms. The first-order valence-electron chi connectivity index (χ1n) is 7.44. The average molecular weight is 320 g/mol. The van der Waals surface area contributed by atoms with Gasteiger partial charge in [0.25, 0.3) is 0 Å². The van der Waals surface area contributed by atoms with E-state index in [1.165, 1.54) is 5.69 Å². The van der Waals surface area contributed by atoms with Gasteiger partial charge in [0.1, 0.15) is 0 Å². The number of nitrogens with one attached hydrogen (secondary N) is 2. The van der Waals surface area contributed by atoms with E-state index in [-0.39, 0.29) is 0 Å². The Labute approximate surface area is 136 Å². The molecule has 0 aromatic carbocycles. The zero-order valence-electron chi connectivity index (χ0n) is 13.9. The van der Waals surface area contributed by atoms with Crippen LogP contribution in [-0.4, -0.2) is 31.2 Å². The number of hydrogen-bond donors (Lipinski definition) is 2. The molecule has 0 radical (unpaired) electrons. The molecule has 6 nitrogen and oxygen atoms in total. The van der Waals surface area contributed by atoms with Crippen LogP contribution >= 0.6 is 12.2 Å². The van der Waals surface area contributed by atoms with Crippen LogP contribution in [0.3, 0.4) is 0 Å². The maximum absolute atomic E-state index is 5.34. The fourth-order valence-electron chi connectivity index (χ4n) is 2.44. The molecule has 7 heteroatoms. The van der Waals surface area contributed by atoms with Crippen molar-refractivity contribution in [3.63, 3.8) is 0 Å². The summed E-state index contributed by atoms with van der Waals surface area (Å²) >= 11 is 5.34. The molecule has 0 fully saturated rings. The molecule has 22 heavy (non-hydrogen) atoms. The molecule has 0 saturated carbocycles. The third-order valence-electron chi connectivity index (χ3n) is 3.68. The van der Waals surface area contributed by atoms with Gasteiger partial charge in [-0.2, -0.15) is 10.2 Å². The smallest absolute Gasteiger partial charge is 0.170 e. The minimum absolute atomic E-state index is 0.632. The highest BCUT2D eigenvalue weighted by Crippen LogP contribution is 2.17. The highest BCUT2D eigenvalue weighted by atomic mass is 32.1. The predicted octanol–water partition coefficient (Wildman–Crippen LogP) is 2.23. The fraction of sp³-hybridized carbons (Fsp3) is 0.533. The molecule has 120 valence electrons. The second-order valence-corrected chi connectivity index (χ2v) is 5.96. The number of anilines is 1. The molecule has 2 heterocycles. The van der Waals surface area contributed by atoms with Crippen molar-refractivity contribution in [2.24, 2.45) is 7.05 Å². The van der Waals surface area contributed by atoms with Crippen LogP contribution in [0, 0.1) is 27.7 Å². The normalized spacial score (nSPS) is 10.8. The first kappa shape index (κ1) is 16.5. The summed E-state index contributed by atoms with van der Waals surface area (Å²) in [5.74, 6) is 0. The lowest BCUT2D eigenvalue weighted by atomic mass is 10.3. The van der Waals surface area contributed by atoms with Gasteiger partial charge in [-0.1, -0.05) is 0 Å². The molecule has 0 unspecified atom stereocenters. The van der Waals surface area contributed by atoms with Crippen molar-refractivity contribution < 1.29 is 0 Å². The van der Waals surface area contributed by atoms with E-state index in [9.17, 15) is 0 Å². The van der Waals surface area contributed by atoms with Gasteiger partial charge in [0.15, 0.2) is 5.11 Å². The Kier molecular flexibility index (Phi) is 5.18. The molecule has 2 aromatic rings. The largest absolute Gasteiger partial charge is 0.362 e. The second kappa shape index (κ2) is 6.91. The van der Waals surface area contributed by atoms with E-state index in [0.29, 0.717) is 5.11 Å². The first-order chi connectivity index (χ1) is 10.4. The Morgan fingerprint density at radius 3 is 2.50 bits per heavy atom. The molecule has 0 bridgehead atoms. The van der Waals surface area contributed by atoms with Gasteiger partial charge in [-0.25, -0.2) is 0 Å². The molecule has 2 rings (SSSR count). The summed E-state index contributed by atoms with van der Waals surface area (Å²) in [5, 5.41) is 15.9. The van der Waals surface area contributed by atoms with Crippen LogP contribution in [0.1, 0.15) is 29.2 Å². The van der Waals surface area contributed by atoms with Gasteiger partial charge in [-0.15, -0.1) is 0 Å². The quantitative estimate of drug-likeness (QED) is 0.653. The maximum Gasteiger partial charge on any atom is 0.170 e. The van der Waals surface area contributed by atoms with Crippen LogP contribution in [0.5, 0.6) is 0 Å². The number of aromatic nitrogens is 4. The molecule has 2 N–H and O–H groups in total. The molecule has 0 aliphatic carbocycles. The Bertz CT molecular complexity index is 670. The summed E-state index contributed by atoms with van der Waals surface area (Å²) in [7, 11) is 1.93. The minimum Gasteiger partial charge on any atom is -0.362 e. The SMILES string of the molecule is Cc1cc(C)n(CCCNC(=S)Nc2c(C)nn(C)c2C)n1. The van der Waals surface area contributed by atoms with Gasteiger partial charge in [0.2, 0.25) is 0 Å². The van der Waals surface area contributed by atoms with Crippen LogP contribution in [0.4, 0.5) is 5.69 Å². The Morgan fingerprint density at radius 1 is 1.23 bits per heavy atom. The topological polar surface area (TPSA) is 59.7 Å². The third-order valence-corrected chi connectivity index (χ3v) is 3.93. The third kappa shape index (κ3) is 3.85. The molecule has 0 amide bonds. The second-order valence-electron chi connectivity index (χ2n) is 5.55. The van der Waals surface area contributed by atoms with Crippen molar-refractivity contribution >= 4 is 23.0 Å². The van der Waals surface area contributed by atoms with E-state index >= 15 is 0 Å². The lowest BCUT2D eigenvalue weighted by Crippen LogP contribution is -2.30. The summed E-state index contributed by atoms with van der Waals surface area (Å²) in [6, 6.07) is 2.09. The fourth-order valence-corrected chi connectivity index (χ4v) is 2.65. The Morgan fingerprint density at radius 2 is 1.95 bits per heavy atom. The van der Waals surface area contributed by atoms with Gasteiger partial charge >= 0.3 is 0 Å². The molecule has 0 saturated heterocycles. The summed E-state index contributed by atoms with van der Waals surface area (Å²) in [6.07, 6.45) is 0.967. The van der Waals surface area contributed by atoms with Crippen LogP contribution in [0.2, 0.25) is 0 Å². The number of thiocarbonyl (C=S) groups is 1.